The van der Waals surface area contributed by atoms with Gasteiger partial charge in [0.15, 0.2) is 0 Å². The second kappa shape index (κ2) is 13.4. The molecule has 1 rings (SSSR count). The molecule has 0 fully saturated rings. The van der Waals surface area contributed by atoms with E-state index in [4.69, 9.17) is 11.5 Å². The fraction of sp³-hybridized carbons (Fsp3) is 0.625. The number of benzene rings is 1. The molecule has 1 unspecified atom stereocenters. The molecule has 0 saturated heterocycles. The van der Waals surface area contributed by atoms with Gasteiger partial charge in [-0.3, -0.25) is 4.99 Å². The zero-order valence-corrected chi connectivity index (χ0v) is 19.3. The molecule has 5 N–H and O–H groups in total. The van der Waals surface area contributed by atoms with Crippen LogP contribution in [0.25, 0.3) is 5.70 Å². The maximum Gasteiger partial charge on any atom is 0.0770 e. The first-order valence-electron chi connectivity index (χ1n) is 10.6. The van der Waals surface area contributed by atoms with E-state index in [1.54, 1.807) is 0 Å². The van der Waals surface area contributed by atoms with Gasteiger partial charge in [-0.1, -0.05) is 85.9 Å². The Hall–Kier alpha value is -1.81. The molecule has 0 aliphatic rings. The molecule has 4 nitrogen and oxygen atoms in total. The van der Waals surface area contributed by atoms with Gasteiger partial charge in [-0.05, 0) is 30.0 Å². The molecule has 1 aromatic carbocycles. The number of nitrogens with zero attached hydrogens (tertiary/aromatic N) is 1. The standard InChI is InChI=1S/C19H32N4.C5H12/c1-13(2)14(3)19(4,5)12-23-18(17(11-20)22-6)15-9-7-8-10-16(15)21;1-3-5-4-2/h7-10,13-14,23H,6,11-12,20-21H2,1-5H3;3-5H2,1-2H3/b18-17-;. The van der Waals surface area contributed by atoms with E-state index in [-0.39, 0.29) is 5.41 Å². The first kappa shape index (κ1) is 26.2. The van der Waals surface area contributed by atoms with E-state index in [0.717, 1.165) is 23.5 Å². The summed E-state index contributed by atoms with van der Waals surface area (Å²) in [5.74, 6) is 1.19. The number of nitrogens with two attached hydrogens (primary N) is 2. The Bertz CT molecular complexity index is 600. The number of rotatable bonds is 10. The minimum atomic E-state index is 0.129. The van der Waals surface area contributed by atoms with E-state index in [1.165, 1.54) is 19.3 Å². The summed E-state index contributed by atoms with van der Waals surface area (Å²) in [5.41, 5.74) is 15.4. The molecule has 0 saturated carbocycles. The Balaban J connectivity index is 0.00000129. The number of hydrogen-bond donors (Lipinski definition) is 3. The third kappa shape index (κ3) is 8.47. The number of para-hydroxylation sites is 1. The Kier molecular flexibility index (Phi) is 12.5. The smallest absolute Gasteiger partial charge is 0.0770 e. The minimum Gasteiger partial charge on any atom is -0.398 e. The van der Waals surface area contributed by atoms with E-state index in [1.807, 2.05) is 24.3 Å². The summed E-state index contributed by atoms with van der Waals surface area (Å²) in [5, 5.41) is 3.54. The normalized spacial score (nSPS) is 13.3. The molecule has 0 aliphatic carbocycles. The van der Waals surface area contributed by atoms with Crippen LogP contribution >= 0.6 is 0 Å². The lowest BCUT2D eigenvalue weighted by molar-refractivity contribution is 0.176. The number of unbranched alkanes of at least 4 members (excludes halogenated alkanes) is 2. The van der Waals surface area contributed by atoms with Crippen molar-refractivity contribution in [2.75, 3.05) is 18.8 Å². The second-order valence-electron chi connectivity index (χ2n) is 8.50. The van der Waals surface area contributed by atoms with Crippen LogP contribution in [0, 0.1) is 17.3 Å². The molecular formula is C24H44N4. The molecule has 0 bridgehead atoms. The summed E-state index contributed by atoms with van der Waals surface area (Å²) in [4.78, 5) is 4.09. The van der Waals surface area contributed by atoms with E-state index in [9.17, 15) is 0 Å². The molecule has 0 aliphatic heterocycles. The maximum atomic E-state index is 6.14. The minimum absolute atomic E-state index is 0.129. The Morgan fingerprint density at radius 1 is 1.14 bits per heavy atom. The molecule has 4 heteroatoms. The van der Waals surface area contributed by atoms with Crippen molar-refractivity contribution in [1.82, 2.24) is 5.32 Å². The van der Waals surface area contributed by atoms with Crippen molar-refractivity contribution < 1.29 is 0 Å². The highest BCUT2D eigenvalue weighted by atomic mass is 14.9. The molecule has 0 heterocycles. The fourth-order valence-corrected chi connectivity index (χ4v) is 3.06. The third-order valence-electron chi connectivity index (χ3n) is 5.56. The van der Waals surface area contributed by atoms with Crippen molar-refractivity contribution in [2.24, 2.45) is 28.0 Å². The zero-order chi connectivity index (χ0) is 21.7. The van der Waals surface area contributed by atoms with E-state index < -0.39 is 0 Å². The highest BCUT2D eigenvalue weighted by Gasteiger charge is 2.28. The van der Waals surface area contributed by atoms with Gasteiger partial charge >= 0.3 is 0 Å². The second-order valence-corrected chi connectivity index (χ2v) is 8.50. The SMILES string of the molecule is C=N/C(CN)=C(\NCC(C)(C)C(C)C(C)C)c1ccccc1N.CCCCC. The Labute approximate surface area is 173 Å². The Morgan fingerprint density at radius 2 is 1.71 bits per heavy atom. The van der Waals surface area contributed by atoms with E-state index >= 15 is 0 Å². The number of hydrogen-bond acceptors (Lipinski definition) is 4. The summed E-state index contributed by atoms with van der Waals surface area (Å²) in [6, 6.07) is 7.75. The summed E-state index contributed by atoms with van der Waals surface area (Å²) < 4.78 is 0. The number of nitrogen functional groups attached to an aromatic ring is 1. The van der Waals surface area contributed by atoms with Gasteiger partial charge in [0.2, 0.25) is 0 Å². The van der Waals surface area contributed by atoms with Gasteiger partial charge in [0.25, 0.3) is 0 Å². The van der Waals surface area contributed by atoms with E-state index in [2.05, 4.69) is 65.5 Å². The van der Waals surface area contributed by atoms with Crippen LogP contribution in [-0.4, -0.2) is 19.8 Å². The summed E-state index contributed by atoms with van der Waals surface area (Å²) in [7, 11) is 0. The van der Waals surface area contributed by atoms with Gasteiger partial charge in [0.1, 0.15) is 0 Å². The van der Waals surface area contributed by atoms with Gasteiger partial charge in [0.05, 0.1) is 11.4 Å². The molecule has 28 heavy (non-hydrogen) atoms. The lowest BCUT2D eigenvalue weighted by atomic mass is 9.74. The van der Waals surface area contributed by atoms with Gasteiger partial charge in [-0.15, -0.1) is 0 Å². The van der Waals surface area contributed by atoms with Gasteiger partial charge in [-0.25, -0.2) is 0 Å². The van der Waals surface area contributed by atoms with Crippen LogP contribution < -0.4 is 16.8 Å². The largest absolute Gasteiger partial charge is 0.398 e. The van der Waals surface area contributed by atoms with Crippen LogP contribution in [0.1, 0.15) is 73.3 Å². The number of nitrogens with one attached hydrogen (secondary N) is 1. The molecular weight excluding hydrogens is 344 g/mol. The van der Waals surface area contributed by atoms with E-state index in [0.29, 0.717) is 24.1 Å². The van der Waals surface area contributed by atoms with Crippen LogP contribution in [0.5, 0.6) is 0 Å². The van der Waals surface area contributed by atoms with Crippen LogP contribution in [0.4, 0.5) is 5.69 Å². The van der Waals surface area contributed by atoms with Crippen molar-refractivity contribution >= 4 is 18.1 Å². The molecule has 1 aromatic rings. The van der Waals surface area contributed by atoms with Crippen molar-refractivity contribution in [1.29, 1.82) is 0 Å². The predicted molar refractivity (Wildman–Crippen MR) is 127 cm³/mol. The highest BCUT2D eigenvalue weighted by Crippen LogP contribution is 2.33. The lowest BCUT2D eigenvalue weighted by Gasteiger charge is -2.35. The van der Waals surface area contributed by atoms with Crippen molar-refractivity contribution in [3.8, 4) is 0 Å². The molecule has 0 spiro atoms. The van der Waals surface area contributed by atoms with Gasteiger partial charge < -0.3 is 16.8 Å². The quantitative estimate of drug-likeness (QED) is 0.355. The molecule has 160 valence electrons. The average Bonchev–Trinajstić information content (AvgIpc) is 2.66. The zero-order valence-electron chi connectivity index (χ0n) is 19.3. The van der Waals surface area contributed by atoms with Crippen molar-refractivity contribution in [2.45, 2.75) is 67.7 Å². The monoisotopic (exact) mass is 388 g/mol. The van der Waals surface area contributed by atoms with Crippen LogP contribution in [0.2, 0.25) is 0 Å². The number of anilines is 1. The van der Waals surface area contributed by atoms with Crippen LogP contribution in [0.3, 0.4) is 0 Å². The lowest BCUT2D eigenvalue weighted by Crippen LogP contribution is -2.36. The van der Waals surface area contributed by atoms with Crippen LogP contribution in [-0.2, 0) is 0 Å². The first-order valence-corrected chi connectivity index (χ1v) is 10.6. The number of aliphatic imine (C=N–C) groups is 1. The molecule has 1 atom stereocenters. The van der Waals surface area contributed by atoms with Crippen LogP contribution in [0.15, 0.2) is 35.0 Å². The van der Waals surface area contributed by atoms with Gasteiger partial charge in [-0.2, -0.15) is 0 Å². The summed E-state index contributed by atoms with van der Waals surface area (Å²) in [6.07, 6.45) is 4.08. The highest BCUT2D eigenvalue weighted by molar-refractivity contribution is 5.76. The Morgan fingerprint density at radius 3 is 2.11 bits per heavy atom. The average molecular weight is 389 g/mol. The van der Waals surface area contributed by atoms with Gasteiger partial charge in [0, 0.05) is 24.3 Å². The van der Waals surface area contributed by atoms with Crippen molar-refractivity contribution in [3.63, 3.8) is 0 Å². The topological polar surface area (TPSA) is 76.4 Å². The first-order chi connectivity index (χ1) is 13.2. The van der Waals surface area contributed by atoms with Crippen molar-refractivity contribution in [3.05, 3.63) is 35.5 Å². The molecule has 0 aromatic heterocycles. The summed E-state index contributed by atoms with van der Waals surface area (Å²) >= 11 is 0. The molecule has 0 amide bonds. The predicted octanol–water partition coefficient (Wildman–Crippen LogP) is 5.70. The summed E-state index contributed by atoms with van der Waals surface area (Å²) in [6.45, 7) is 20.6. The maximum absolute atomic E-state index is 6.14. The molecule has 0 radical (unpaired) electrons. The fourth-order valence-electron chi connectivity index (χ4n) is 3.06. The third-order valence-corrected chi connectivity index (χ3v) is 5.56.